The Morgan fingerprint density at radius 2 is 0.681 bits per heavy atom. The van der Waals surface area contributed by atoms with Crippen LogP contribution in [0.4, 0.5) is 0 Å². The summed E-state index contributed by atoms with van der Waals surface area (Å²) < 4.78 is 0. The lowest BCUT2D eigenvalue weighted by Crippen LogP contribution is -2.45. The summed E-state index contributed by atoms with van der Waals surface area (Å²) in [5.74, 6) is -7.16. The fourth-order valence-electron chi connectivity index (χ4n) is 4.80. The number of carbonyl (C=O) groups is 8. The van der Waals surface area contributed by atoms with Crippen molar-refractivity contribution >= 4 is 47.4 Å². The Balaban J connectivity index is 4.29. The summed E-state index contributed by atoms with van der Waals surface area (Å²) in [6, 6.07) is -4.16. The number of rotatable bonds is 30. The fraction of sp³-hybridized carbons (Fsp3) is 0.750. The quantitative estimate of drug-likeness (QED) is 0.0544. The second-order valence-electron chi connectivity index (χ2n) is 11.8. The highest BCUT2D eigenvalue weighted by Gasteiger charge is 2.26. The van der Waals surface area contributed by atoms with Crippen molar-refractivity contribution in [1.82, 2.24) is 16.0 Å². The van der Waals surface area contributed by atoms with Crippen LogP contribution in [0.5, 0.6) is 0 Å². The summed E-state index contributed by atoms with van der Waals surface area (Å²) in [4.78, 5) is 92.9. The molecule has 15 heteroatoms. The van der Waals surface area contributed by atoms with Gasteiger partial charge in [0.25, 0.3) is 0 Å². The second kappa shape index (κ2) is 26.1. The number of amides is 3. The van der Waals surface area contributed by atoms with Gasteiger partial charge in [-0.2, -0.15) is 0 Å². The first kappa shape index (κ1) is 43.0. The third kappa shape index (κ3) is 24.8. The van der Waals surface area contributed by atoms with Crippen LogP contribution >= 0.6 is 0 Å². The van der Waals surface area contributed by atoms with Crippen molar-refractivity contribution in [3.05, 3.63) is 0 Å². The Bertz CT molecular complexity index is 1030. The van der Waals surface area contributed by atoms with Gasteiger partial charge in [0.15, 0.2) is 0 Å². The maximum atomic E-state index is 12.4. The molecule has 3 atom stereocenters. The van der Waals surface area contributed by atoms with E-state index in [0.717, 1.165) is 70.6 Å². The van der Waals surface area contributed by atoms with Crippen molar-refractivity contribution in [2.75, 3.05) is 0 Å². The van der Waals surface area contributed by atoms with Gasteiger partial charge in [0.1, 0.15) is 23.9 Å². The monoisotopic (exact) mass is 671 g/mol. The summed E-state index contributed by atoms with van der Waals surface area (Å²) >= 11 is 0. The van der Waals surface area contributed by atoms with Gasteiger partial charge in [-0.1, -0.05) is 64.2 Å². The number of nitrogens with one attached hydrogen (secondary N) is 3. The van der Waals surface area contributed by atoms with Crippen molar-refractivity contribution in [2.24, 2.45) is 0 Å². The summed E-state index contributed by atoms with van der Waals surface area (Å²) in [5, 5.41) is 43.5. The third-order valence-corrected chi connectivity index (χ3v) is 7.55. The molecule has 0 aliphatic rings. The van der Waals surface area contributed by atoms with Gasteiger partial charge in [0.2, 0.25) is 17.7 Å². The Kier molecular flexibility index (Phi) is 23.8. The molecule has 0 saturated heterocycles. The second-order valence-corrected chi connectivity index (χ2v) is 11.8. The van der Waals surface area contributed by atoms with Gasteiger partial charge in [-0.3, -0.25) is 19.2 Å². The first-order valence-corrected chi connectivity index (χ1v) is 16.5. The van der Waals surface area contributed by atoms with Gasteiger partial charge < -0.3 is 41.2 Å². The lowest BCUT2D eigenvalue weighted by Gasteiger charge is -2.18. The molecule has 0 fully saturated rings. The zero-order chi connectivity index (χ0) is 35.6. The molecule has 0 bridgehead atoms. The first-order valence-electron chi connectivity index (χ1n) is 16.5. The molecular formula is C32H53N3O12. The average Bonchev–Trinajstić information content (AvgIpc) is 2.98. The van der Waals surface area contributed by atoms with E-state index in [2.05, 4.69) is 16.0 Å². The minimum Gasteiger partial charge on any atom is -0.481 e. The molecule has 0 aliphatic heterocycles. The molecule has 0 saturated carbocycles. The van der Waals surface area contributed by atoms with E-state index in [9.17, 15) is 53.7 Å². The topological polar surface area (TPSA) is 254 Å². The van der Waals surface area contributed by atoms with Crippen molar-refractivity contribution in [3.63, 3.8) is 0 Å². The Hall–Kier alpha value is -4.04. The number of unbranched alkanes of at least 4 members (excludes halogenated alkanes) is 11. The molecule has 0 spiro atoms. The zero-order valence-corrected chi connectivity index (χ0v) is 27.4. The van der Waals surface area contributed by atoms with E-state index in [0.29, 0.717) is 6.42 Å². The van der Waals surface area contributed by atoms with E-state index >= 15 is 0 Å². The molecular weight excluding hydrogens is 618 g/mol. The summed E-state index contributed by atoms with van der Waals surface area (Å²) in [6.45, 7) is 1.28. The van der Waals surface area contributed by atoms with Crippen LogP contribution in [0, 0.1) is 0 Å². The SMILES string of the molecule is CC(=O)CCC(NC(=O)CC[C@H](NC(=O)CCC(NC(=O)CCCCCCCCCCCCCCC(=O)O)C(=O)O)C(=O)O)C(=O)O. The molecule has 47 heavy (non-hydrogen) atoms. The molecule has 268 valence electrons. The predicted molar refractivity (Wildman–Crippen MR) is 169 cm³/mol. The van der Waals surface area contributed by atoms with E-state index in [1.807, 2.05) is 0 Å². The summed E-state index contributed by atoms with van der Waals surface area (Å²) in [5.41, 5.74) is 0. The lowest BCUT2D eigenvalue weighted by atomic mass is 10.0. The van der Waals surface area contributed by atoms with Gasteiger partial charge in [-0.15, -0.1) is 0 Å². The van der Waals surface area contributed by atoms with Crippen LogP contribution in [-0.4, -0.2) is 85.9 Å². The summed E-state index contributed by atoms with van der Waals surface area (Å²) in [6.07, 6.45) is 10.5. The van der Waals surface area contributed by atoms with Crippen molar-refractivity contribution in [1.29, 1.82) is 0 Å². The van der Waals surface area contributed by atoms with Crippen LogP contribution in [-0.2, 0) is 38.4 Å². The normalized spacial score (nSPS) is 12.7. The highest BCUT2D eigenvalue weighted by Crippen LogP contribution is 2.13. The van der Waals surface area contributed by atoms with Crippen LogP contribution in [0.3, 0.4) is 0 Å². The molecule has 2 unspecified atom stereocenters. The number of hydrogen-bond donors (Lipinski definition) is 7. The Morgan fingerprint density at radius 1 is 0.404 bits per heavy atom. The molecule has 0 radical (unpaired) electrons. The maximum Gasteiger partial charge on any atom is 0.326 e. The maximum absolute atomic E-state index is 12.4. The van der Waals surface area contributed by atoms with Gasteiger partial charge in [-0.05, 0) is 39.0 Å². The average molecular weight is 672 g/mol. The zero-order valence-electron chi connectivity index (χ0n) is 27.4. The van der Waals surface area contributed by atoms with E-state index < -0.39 is 72.6 Å². The number of aliphatic carboxylic acids is 4. The highest BCUT2D eigenvalue weighted by molar-refractivity contribution is 5.87. The number of carboxylic acid groups (broad SMARTS) is 4. The largest absolute Gasteiger partial charge is 0.481 e. The van der Waals surface area contributed by atoms with Gasteiger partial charge in [-0.25, -0.2) is 14.4 Å². The molecule has 0 heterocycles. The number of ketones is 1. The van der Waals surface area contributed by atoms with E-state index in [1.54, 1.807) is 0 Å². The van der Waals surface area contributed by atoms with Gasteiger partial charge in [0, 0.05) is 32.1 Å². The van der Waals surface area contributed by atoms with E-state index in [-0.39, 0.29) is 44.3 Å². The smallest absolute Gasteiger partial charge is 0.326 e. The fourth-order valence-corrected chi connectivity index (χ4v) is 4.80. The van der Waals surface area contributed by atoms with Gasteiger partial charge >= 0.3 is 23.9 Å². The minimum atomic E-state index is -1.49. The third-order valence-electron chi connectivity index (χ3n) is 7.55. The molecule has 0 rings (SSSR count). The Morgan fingerprint density at radius 3 is 0.979 bits per heavy atom. The van der Waals surface area contributed by atoms with Crippen LogP contribution in [0.1, 0.15) is 135 Å². The summed E-state index contributed by atoms with van der Waals surface area (Å²) in [7, 11) is 0. The lowest BCUT2D eigenvalue weighted by molar-refractivity contribution is -0.144. The van der Waals surface area contributed by atoms with Crippen LogP contribution in [0.25, 0.3) is 0 Å². The highest BCUT2D eigenvalue weighted by atomic mass is 16.4. The van der Waals surface area contributed by atoms with Crippen LogP contribution < -0.4 is 16.0 Å². The number of carbonyl (C=O) groups excluding carboxylic acids is 4. The van der Waals surface area contributed by atoms with Crippen molar-refractivity contribution < 1.29 is 58.8 Å². The molecule has 0 aromatic heterocycles. The molecule has 0 aliphatic carbocycles. The molecule has 0 aromatic rings. The number of carboxylic acids is 4. The minimum absolute atomic E-state index is 0.0633. The van der Waals surface area contributed by atoms with E-state index in [4.69, 9.17) is 5.11 Å². The molecule has 15 nitrogen and oxygen atoms in total. The predicted octanol–water partition coefficient (Wildman–Crippen LogP) is 3.17. The van der Waals surface area contributed by atoms with E-state index in [1.165, 1.54) is 6.92 Å². The standard InChI is InChI=1S/C32H53N3O12/c1-22(36)16-17-23(30(42)43)34-27(38)21-19-25(32(46)47)35-28(39)20-18-24(31(44)45)33-26(37)14-12-10-8-6-4-2-3-5-7-9-11-13-15-29(40)41/h23-25H,2-21H2,1H3,(H,33,37)(H,34,38)(H,35,39)(H,40,41)(H,42,43)(H,44,45)(H,46,47)/t23?,24?,25-/m0/s1. The first-order chi connectivity index (χ1) is 22.2. The number of hydrogen-bond acceptors (Lipinski definition) is 8. The van der Waals surface area contributed by atoms with Crippen molar-refractivity contribution in [3.8, 4) is 0 Å². The molecule has 0 aromatic carbocycles. The molecule has 7 N–H and O–H groups in total. The number of Topliss-reactive ketones (excluding diaryl/α,β-unsaturated/α-hetero) is 1. The molecule has 3 amide bonds. The van der Waals surface area contributed by atoms with Crippen LogP contribution in [0.15, 0.2) is 0 Å². The van der Waals surface area contributed by atoms with Crippen molar-refractivity contribution in [2.45, 2.75) is 153 Å². The van der Waals surface area contributed by atoms with Gasteiger partial charge in [0.05, 0.1) is 0 Å². The Labute approximate surface area is 275 Å². The van der Waals surface area contributed by atoms with Crippen LogP contribution in [0.2, 0.25) is 0 Å².